The average molecular weight is 559 g/mol. The Morgan fingerprint density at radius 1 is 1.23 bits per heavy atom. The van der Waals surface area contributed by atoms with E-state index in [4.69, 9.17) is 11.5 Å². The number of nitrogens with zero attached hydrogens (tertiary/aromatic N) is 1. The number of Topliss-reactive ketones (excluding diaryl/α,β-unsaturated/α-hetero) is 2. The van der Waals surface area contributed by atoms with E-state index in [1.54, 1.807) is 11.9 Å². The molecule has 5 rings (SSSR count). The number of phenolic OH excluding ortho intramolecular Hbond substituents is 1. The fourth-order valence-electron chi connectivity index (χ4n) is 6.81. The van der Waals surface area contributed by atoms with Gasteiger partial charge in [0.25, 0.3) is 5.91 Å². The Balaban J connectivity index is 1.69. The van der Waals surface area contributed by atoms with Gasteiger partial charge in [-0.25, -0.2) is 4.39 Å². The lowest BCUT2D eigenvalue weighted by Crippen LogP contribution is -2.65. The van der Waals surface area contributed by atoms with Crippen molar-refractivity contribution in [3.63, 3.8) is 0 Å². The van der Waals surface area contributed by atoms with Gasteiger partial charge in [0.15, 0.2) is 17.1 Å². The number of primary amides is 1. The standard InChI is InChI=1S/C27H31FN4O8/c1-4-8(2)19-26(39)31-18-11(7-32(19)3)16(28)10-5-9-6-12-17(29)21(34)15(25(30)38)24(37)27(12,40)23(36)13(9)20(33)14(10)22(18)35/h8-9,12,17,19,33,35,37,40H,4-7,29H2,1-3H3,(H2,30,38)(H,31,39)/t8?,9-,12-,17-,19+,27-/m0/s1. The number of likely N-dealkylation sites (N-methyl/N-ethyl adjacent to an activating group) is 1. The summed E-state index contributed by atoms with van der Waals surface area (Å²) in [6, 6.07) is -2.22. The number of hydrogen-bond acceptors (Lipinski definition) is 10. The van der Waals surface area contributed by atoms with Crippen LogP contribution in [0.25, 0.3) is 5.76 Å². The van der Waals surface area contributed by atoms with Crippen molar-refractivity contribution in [2.24, 2.45) is 29.2 Å². The van der Waals surface area contributed by atoms with Gasteiger partial charge in [-0.1, -0.05) is 20.3 Å². The van der Waals surface area contributed by atoms with Crippen LogP contribution in [0.1, 0.15) is 43.4 Å². The Morgan fingerprint density at radius 2 is 1.88 bits per heavy atom. The fraction of sp³-hybridized carbons (Fsp3) is 0.481. The lowest BCUT2D eigenvalue weighted by atomic mass is 9.58. The number of amides is 2. The number of halogens is 1. The zero-order valence-corrected chi connectivity index (χ0v) is 22.1. The van der Waals surface area contributed by atoms with Gasteiger partial charge in [-0.15, -0.1) is 0 Å². The molecular weight excluding hydrogens is 527 g/mol. The summed E-state index contributed by atoms with van der Waals surface area (Å²) in [5.41, 5.74) is 6.11. The molecular formula is C27H31FN4O8. The Labute approximate surface area is 228 Å². The number of benzene rings is 1. The molecule has 214 valence electrons. The molecule has 4 aliphatic rings. The van der Waals surface area contributed by atoms with E-state index in [0.29, 0.717) is 6.42 Å². The molecule has 3 aliphatic carbocycles. The lowest BCUT2D eigenvalue weighted by Gasteiger charge is -2.48. The molecule has 1 unspecified atom stereocenters. The number of hydrogen-bond donors (Lipinski definition) is 7. The van der Waals surface area contributed by atoms with Gasteiger partial charge in [0.05, 0.1) is 23.3 Å². The SMILES string of the molecule is CCC(C)[C@@H]1C(=O)Nc2c(O)c3c(c(F)c2CN1C)C[C@H]1C[C@H]2[C@H](N)C(=O)C(C(N)=O)=C(O)[C@@]2(O)C(=O)C1=C3O. The van der Waals surface area contributed by atoms with Crippen LogP contribution in [0.5, 0.6) is 5.75 Å². The summed E-state index contributed by atoms with van der Waals surface area (Å²) in [5.74, 6) is -10.2. The third-order valence-corrected chi connectivity index (χ3v) is 9.03. The minimum Gasteiger partial charge on any atom is -0.508 e. The van der Waals surface area contributed by atoms with E-state index in [-0.39, 0.29) is 42.1 Å². The fourth-order valence-corrected chi connectivity index (χ4v) is 6.81. The maximum Gasteiger partial charge on any atom is 0.255 e. The third kappa shape index (κ3) is 3.47. The Bertz CT molecular complexity index is 1470. The number of carbonyl (C=O) groups excluding carboxylic acids is 4. The minimum atomic E-state index is -2.87. The number of phenols is 1. The summed E-state index contributed by atoms with van der Waals surface area (Å²) >= 11 is 0. The number of fused-ring (bicyclic) bond motifs is 4. The number of anilines is 1. The number of aliphatic hydroxyl groups is 3. The molecule has 1 heterocycles. The van der Waals surface area contributed by atoms with Crippen LogP contribution in [0, 0.1) is 23.6 Å². The first kappa shape index (κ1) is 27.7. The smallest absolute Gasteiger partial charge is 0.255 e. The molecule has 1 aliphatic heterocycles. The van der Waals surface area contributed by atoms with E-state index in [1.165, 1.54) is 0 Å². The molecule has 0 bridgehead atoms. The van der Waals surface area contributed by atoms with Crippen LogP contribution in [-0.2, 0) is 32.1 Å². The maximum atomic E-state index is 16.2. The normalized spacial score (nSPS) is 31.1. The molecule has 0 spiro atoms. The molecule has 13 heteroatoms. The van der Waals surface area contributed by atoms with Crippen LogP contribution in [0.3, 0.4) is 0 Å². The highest BCUT2D eigenvalue weighted by Crippen LogP contribution is 2.53. The van der Waals surface area contributed by atoms with Crippen molar-refractivity contribution in [3.05, 3.63) is 39.4 Å². The summed E-state index contributed by atoms with van der Waals surface area (Å²) < 4.78 is 16.2. The third-order valence-electron chi connectivity index (χ3n) is 9.03. The molecule has 9 N–H and O–H groups in total. The lowest BCUT2D eigenvalue weighted by molar-refractivity contribution is -0.149. The first-order chi connectivity index (χ1) is 18.7. The molecule has 0 saturated heterocycles. The van der Waals surface area contributed by atoms with Gasteiger partial charge >= 0.3 is 0 Å². The van der Waals surface area contributed by atoms with E-state index in [2.05, 4.69) is 5.32 Å². The molecule has 40 heavy (non-hydrogen) atoms. The van der Waals surface area contributed by atoms with Crippen molar-refractivity contribution in [3.8, 4) is 5.75 Å². The molecule has 1 aromatic carbocycles. The van der Waals surface area contributed by atoms with Gasteiger partial charge in [0.2, 0.25) is 11.7 Å². The Morgan fingerprint density at radius 3 is 2.48 bits per heavy atom. The number of carbonyl (C=O) groups is 4. The highest BCUT2D eigenvalue weighted by molar-refractivity contribution is 6.24. The van der Waals surface area contributed by atoms with Gasteiger partial charge < -0.3 is 37.2 Å². The largest absolute Gasteiger partial charge is 0.508 e. The van der Waals surface area contributed by atoms with Crippen LogP contribution in [0.4, 0.5) is 10.1 Å². The van der Waals surface area contributed by atoms with E-state index in [0.717, 1.165) is 0 Å². The van der Waals surface area contributed by atoms with E-state index in [1.807, 2.05) is 13.8 Å². The molecule has 12 nitrogen and oxygen atoms in total. The Hall–Kier alpha value is -3.81. The minimum absolute atomic E-state index is 0.00372. The topological polar surface area (TPSA) is 217 Å². The number of nitrogens with one attached hydrogen (secondary N) is 1. The van der Waals surface area contributed by atoms with Crippen LogP contribution >= 0.6 is 0 Å². The second kappa shape index (κ2) is 9.11. The van der Waals surface area contributed by atoms with Gasteiger partial charge in [0.1, 0.15) is 22.9 Å². The van der Waals surface area contributed by atoms with Crippen molar-refractivity contribution in [1.29, 1.82) is 0 Å². The van der Waals surface area contributed by atoms with Crippen molar-refractivity contribution >= 4 is 34.8 Å². The summed E-state index contributed by atoms with van der Waals surface area (Å²) in [6.45, 7) is 3.75. The first-order valence-corrected chi connectivity index (χ1v) is 13.0. The predicted octanol–water partition coefficient (Wildman–Crippen LogP) is 0.299. The number of nitrogens with two attached hydrogens (primary N) is 2. The second-order valence-electron chi connectivity index (χ2n) is 11.2. The average Bonchev–Trinajstić information content (AvgIpc) is 3.02. The Kier molecular flexibility index (Phi) is 6.32. The van der Waals surface area contributed by atoms with Crippen LogP contribution in [0.15, 0.2) is 16.9 Å². The highest BCUT2D eigenvalue weighted by Gasteiger charge is 2.63. The van der Waals surface area contributed by atoms with Crippen molar-refractivity contribution in [2.45, 2.75) is 57.3 Å². The molecule has 1 aromatic rings. The van der Waals surface area contributed by atoms with E-state index >= 15 is 4.39 Å². The van der Waals surface area contributed by atoms with Gasteiger partial charge in [0, 0.05) is 29.2 Å². The predicted molar refractivity (Wildman–Crippen MR) is 138 cm³/mol. The number of aromatic hydroxyl groups is 1. The van der Waals surface area contributed by atoms with Crippen LogP contribution in [0.2, 0.25) is 0 Å². The number of ketones is 2. The summed E-state index contributed by atoms with van der Waals surface area (Å²) in [6.07, 6.45) is 0.197. The molecule has 6 atom stereocenters. The van der Waals surface area contributed by atoms with Crippen molar-refractivity contribution in [2.75, 3.05) is 12.4 Å². The van der Waals surface area contributed by atoms with Crippen molar-refractivity contribution in [1.82, 2.24) is 4.90 Å². The number of aliphatic hydroxyl groups excluding tert-OH is 2. The van der Waals surface area contributed by atoms with Gasteiger partial charge in [-0.2, -0.15) is 0 Å². The molecule has 1 saturated carbocycles. The molecule has 0 radical (unpaired) electrons. The van der Waals surface area contributed by atoms with Crippen LogP contribution < -0.4 is 16.8 Å². The van der Waals surface area contributed by atoms with Crippen LogP contribution in [-0.4, -0.2) is 73.4 Å². The maximum absolute atomic E-state index is 16.2. The van der Waals surface area contributed by atoms with Gasteiger partial charge in [-0.3, -0.25) is 24.1 Å². The second-order valence-corrected chi connectivity index (χ2v) is 11.2. The quantitative estimate of drug-likeness (QED) is 0.199. The first-order valence-electron chi connectivity index (χ1n) is 13.0. The van der Waals surface area contributed by atoms with E-state index < -0.39 is 92.7 Å². The monoisotopic (exact) mass is 558 g/mol. The van der Waals surface area contributed by atoms with Crippen molar-refractivity contribution < 1.29 is 44.0 Å². The molecule has 2 amide bonds. The highest BCUT2D eigenvalue weighted by atomic mass is 19.1. The molecule has 1 fully saturated rings. The summed E-state index contributed by atoms with van der Waals surface area (Å²) in [4.78, 5) is 53.1. The zero-order chi connectivity index (χ0) is 29.6. The molecule has 0 aromatic heterocycles. The summed E-state index contributed by atoms with van der Waals surface area (Å²) in [5, 5.41) is 47.3. The summed E-state index contributed by atoms with van der Waals surface area (Å²) in [7, 11) is 1.67. The number of rotatable bonds is 3. The van der Waals surface area contributed by atoms with Gasteiger partial charge in [-0.05, 0) is 31.7 Å². The van der Waals surface area contributed by atoms with E-state index in [9.17, 15) is 39.6 Å². The zero-order valence-electron chi connectivity index (χ0n) is 22.1.